The van der Waals surface area contributed by atoms with E-state index >= 15 is 0 Å². The molecule has 1 saturated carbocycles. The standard InChI is InChI=1S/C8H16N2O2/c1-2-9-7(12)5-10-8(6-11)3-4-8/h10-11H,2-6H2,1H3,(H,9,12). The lowest BCUT2D eigenvalue weighted by atomic mass is 10.3. The molecule has 0 aliphatic heterocycles. The molecule has 3 N–H and O–H groups in total. The molecule has 0 aromatic rings. The molecular formula is C8H16N2O2. The molecule has 0 saturated heterocycles. The summed E-state index contributed by atoms with van der Waals surface area (Å²) in [7, 11) is 0. The number of carbonyl (C=O) groups is 1. The number of nitrogens with one attached hydrogen (secondary N) is 2. The fraction of sp³-hybridized carbons (Fsp3) is 0.875. The summed E-state index contributed by atoms with van der Waals surface area (Å²) in [5.74, 6) is -0.00257. The highest BCUT2D eigenvalue weighted by atomic mass is 16.3. The summed E-state index contributed by atoms with van der Waals surface area (Å²) >= 11 is 0. The highest BCUT2D eigenvalue weighted by molar-refractivity contribution is 5.78. The van der Waals surface area contributed by atoms with Gasteiger partial charge in [-0.1, -0.05) is 0 Å². The fourth-order valence-electron chi connectivity index (χ4n) is 1.07. The molecular weight excluding hydrogens is 156 g/mol. The second-order valence-electron chi connectivity index (χ2n) is 3.25. The van der Waals surface area contributed by atoms with Crippen molar-refractivity contribution in [1.82, 2.24) is 10.6 Å². The van der Waals surface area contributed by atoms with Gasteiger partial charge >= 0.3 is 0 Å². The van der Waals surface area contributed by atoms with Gasteiger partial charge in [0.2, 0.25) is 5.91 Å². The number of aliphatic hydroxyl groups is 1. The molecule has 12 heavy (non-hydrogen) atoms. The lowest BCUT2D eigenvalue weighted by Gasteiger charge is -2.13. The van der Waals surface area contributed by atoms with Gasteiger partial charge in [-0.3, -0.25) is 4.79 Å². The first kappa shape index (κ1) is 9.48. The van der Waals surface area contributed by atoms with Gasteiger partial charge in [0, 0.05) is 12.1 Å². The van der Waals surface area contributed by atoms with Gasteiger partial charge in [-0.05, 0) is 19.8 Å². The maximum Gasteiger partial charge on any atom is 0.233 e. The Balaban J connectivity index is 2.12. The molecule has 0 aromatic carbocycles. The molecule has 4 heteroatoms. The Morgan fingerprint density at radius 1 is 1.58 bits per heavy atom. The van der Waals surface area contributed by atoms with E-state index in [2.05, 4.69) is 10.6 Å². The number of likely N-dealkylation sites (N-methyl/N-ethyl adjacent to an activating group) is 1. The van der Waals surface area contributed by atoms with E-state index in [-0.39, 0.29) is 18.1 Å². The van der Waals surface area contributed by atoms with E-state index in [0.717, 1.165) is 12.8 Å². The largest absolute Gasteiger partial charge is 0.394 e. The molecule has 70 valence electrons. The molecule has 1 aliphatic rings. The summed E-state index contributed by atoms with van der Waals surface area (Å²) < 4.78 is 0. The Bertz CT molecular complexity index is 166. The van der Waals surface area contributed by atoms with Crippen molar-refractivity contribution in [2.45, 2.75) is 25.3 Å². The molecule has 1 amide bonds. The summed E-state index contributed by atoms with van der Waals surface area (Å²) in [6.45, 7) is 2.99. The van der Waals surface area contributed by atoms with Crippen molar-refractivity contribution in [1.29, 1.82) is 0 Å². The van der Waals surface area contributed by atoms with Crippen LogP contribution in [-0.2, 0) is 4.79 Å². The average Bonchev–Trinajstić information content (AvgIpc) is 2.82. The van der Waals surface area contributed by atoms with Gasteiger partial charge in [-0.2, -0.15) is 0 Å². The van der Waals surface area contributed by atoms with Gasteiger partial charge in [-0.25, -0.2) is 0 Å². The molecule has 4 nitrogen and oxygen atoms in total. The Morgan fingerprint density at radius 2 is 2.25 bits per heavy atom. The maximum atomic E-state index is 11.0. The zero-order valence-electron chi connectivity index (χ0n) is 7.39. The maximum absolute atomic E-state index is 11.0. The molecule has 0 radical (unpaired) electrons. The summed E-state index contributed by atoms with van der Waals surface area (Å²) in [5, 5.41) is 14.6. The second kappa shape index (κ2) is 3.87. The first-order valence-electron chi connectivity index (χ1n) is 4.35. The van der Waals surface area contributed by atoms with Crippen molar-refractivity contribution in [3.63, 3.8) is 0 Å². The molecule has 0 aromatic heterocycles. The number of hydrogen-bond donors (Lipinski definition) is 3. The van der Waals surface area contributed by atoms with Crippen molar-refractivity contribution in [3.8, 4) is 0 Å². The first-order chi connectivity index (χ1) is 5.72. The number of hydrogen-bond acceptors (Lipinski definition) is 3. The highest BCUT2D eigenvalue weighted by Crippen LogP contribution is 2.34. The molecule has 0 unspecified atom stereocenters. The monoisotopic (exact) mass is 172 g/mol. The minimum atomic E-state index is -0.134. The van der Waals surface area contributed by atoms with Crippen LogP contribution in [-0.4, -0.2) is 36.2 Å². The van der Waals surface area contributed by atoms with Crippen LogP contribution in [0.25, 0.3) is 0 Å². The van der Waals surface area contributed by atoms with Crippen LogP contribution in [0, 0.1) is 0 Å². The zero-order chi connectivity index (χ0) is 9.03. The predicted octanol–water partition coefficient (Wildman–Crippen LogP) is -0.763. The van der Waals surface area contributed by atoms with E-state index in [1.54, 1.807) is 0 Å². The third-order valence-corrected chi connectivity index (χ3v) is 2.15. The normalized spacial score (nSPS) is 18.8. The Labute approximate surface area is 72.3 Å². The van der Waals surface area contributed by atoms with Crippen LogP contribution in [0.5, 0.6) is 0 Å². The lowest BCUT2D eigenvalue weighted by molar-refractivity contribution is -0.120. The van der Waals surface area contributed by atoms with Crippen molar-refractivity contribution in [2.75, 3.05) is 19.7 Å². The molecule has 0 bridgehead atoms. The molecule has 1 fully saturated rings. The third kappa shape index (κ3) is 2.46. The quantitative estimate of drug-likeness (QED) is 0.510. The Hall–Kier alpha value is -0.610. The number of amides is 1. The van der Waals surface area contributed by atoms with Crippen molar-refractivity contribution < 1.29 is 9.90 Å². The van der Waals surface area contributed by atoms with Crippen LogP contribution >= 0.6 is 0 Å². The van der Waals surface area contributed by atoms with Crippen molar-refractivity contribution in [3.05, 3.63) is 0 Å². The Morgan fingerprint density at radius 3 is 2.67 bits per heavy atom. The molecule has 1 aliphatic carbocycles. The number of carbonyl (C=O) groups excluding carboxylic acids is 1. The fourth-order valence-corrected chi connectivity index (χ4v) is 1.07. The van der Waals surface area contributed by atoms with Gasteiger partial charge in [0.05, 0.1) is 13.2 Å². The summed E-state index contributed by atoms with van der Waals surface area (Å²) in [6, 6.07) is 0. The van der Waals surface area contributed by atoms with Gasteiger partial charge in [0.1, 0.15) is 0 Å². The summed E-state index contributed by atoms with van der Waals surface area (Å²) in [5.41, 5.74) is -0.134. The van der Waals surface area contributed by atoms with E-state index < -0.39 is 0 Å². The molecule has 0 atom stereocenters. The molecule has 1 rings (SSSR count). The van der Waals surface area contributed by atoms with Gasteiger partial charge in [-0.15, -0.1) is 0 Å². The minimum Gasteiger partial charge on any atom is -0.394 e. The molecule has 0 heterocycles. The first-order valence-corrected chi connectivity index (χ1v) is 4.35. The van der Waals surface area contributed by atoms with E-state index in [9.17, 15) is 4.79 Å². The van der Waals surface area contributed by atoms with E-state index in [4.69, 9.17) is 5.11 Å². The second-order valence-corrected chi connectivity index (χ2v) is 3.25. The smallest absolute Gasteiger partial charge is 0.233 e. The van der Waals surface area contributed by atoms with Crippen LogP contribution in [0.3, 0.4) is 0 Å². The summed E-state index contributed by atoms with van der Waals surface area (Å²) in [4.78, 5) is 11.0. The molecule has 0 spiro atoms. The van der Waals surface area contributed by atoms with Crippen molar-refractivity contribution in [2.24, 2.45) is 0 Å². The van der Waals surface area contributed by atoms with Gasteiger partial charge in [0.25, 0.3) is 0 Å². The topological polar surface area (TPSA) is 61.4 Å². The number of rotatable bonds is 5. The predicted molar refractivity (Wildman–Crippen MR) is 45.7 cm³/mol. The SMILES string of the molecule is CCNC(=O)CNC1(CO)CC1. The lowest BCUT2D eigenvalue weighted by Crippen LogP contribution is -2.42. The summed E-state index contributed by atoms with van der Waals surface area (Å²) in [6.07, 6.45) is 1.95. The van der Waals surface area contributed by atoms with Gasteiger partial charge < -0.3 is 15.7 Å². The third-order valence-electron chi connectivity index (χ3n) is 2.15. The van der Waals surface area contributed by atoms with E-state index in [1.807, 2.05) is 6.92 Å². The van der Waals surface area contributed by atoms with Crippen LogP contribution in [0.2, 0.25) is 0 Å². The number of aliphatic hydroxyl groups excluding tert-OH is 1. The van der Waals surface area contributed by atoms with E-state index in [1.165, 1.54) is 0 Å². The van der Waals surface area contributed by atoms with E-state index in [0.29, 0.717) is 13.1 Å². The van der Waals surface area contributed by atoms with Crippen molar-refractivity contribution >= 4 is 5.91 Å². The van der Waals surface area contributed by atoms with Crippen LogP contribution in [0.1, 0.15) is 19.8 Å². The highest BCUT2D eigenvalue weighted by Gasteiger charge is 2.41. The van der Waals surface area contributed by atoms with Crippen LogP contribution in [0.15, 0.2) is 0 Å². The zero-order valence-corrected chi connectivity index (χ0v) is 7.39. The van der Waals surface area contributed by atoms with Crippen LogP contribution in [0.4, 0.5) is 0 Å². The Kier molecular flexibility index (Phi) is 3.05. The minimum absolute atomic E-state index is 0.00257. The average molecular weight is 172 g/mol. The van der Waals surface area contributed by atoms with Gasteiger partial charge in [0.15, 0.2) is 0 Å². The van der Waals surface area contributed by atoms with Crippen LogP contribution < -0.4 is 10.6 Å².